The number of nitrogens with one attached hydrogen (secondary N) is 2. The number of hydrogen-bond donors (Lipinski definition) is 2. The summed E-state index contributed by atoms with van der Waals surface area (Å²) < 4.78 is 10.2. The molecule has 0 aliphatic carbocycles. The molecule has 11 heteroatoms. The van der Waals surface area contributed by atoms with Gasteiger partial charge in [0, 0.05) is 34.5 Å². The molecule has 1 amide bonds. The zero-order valence-electron chi connectivity index (χ0n) is 14.1. The number of carbonyl (C=O) groups is 1. The fraction of sp³-hybridized carbons (Fsp3) is 0.125. The second-order valence-electron chi connectivity index (χ2n) is 5.07. The summed E-state index contributed by atoms with van der Waals surface area (Å²) >= 11 is 10.7. The molecular formula is C16H13ClN3O6S-. The van der Waals surface area contributed by atoms with Gasteiger partial charge in [0.2, 0.25) is 0 Å². The highest BCUT2D eigenvalue weighted by Crippen LogP contribution is 2.33. The number of hydrogen-bond acceptors (Lipinski definition) is 7. The highest BCUT2D eigenvalue weighted by atomic mass is 35.5. The van der Waals surface area contributed by atoms with Crippen LogP contribution in [0.25, 0.3) is 0 Å². The molecule has 0 heterocycles. The van der Waals surface area contributed by atoms with E-state index in [1.165, 1.54) is 26.4 Å². The maximum atomic E-state index is 12.3. The van der Waals surface area contributed by atoms with Gasteiger partial charge in [-0.3, -0.25) is 20.2 Å². The molecule has 0 aliphatic heterocycles. The third-order valence-corrected chi connectivity index (χ3v) is 3.81. The van der Waals surface area contributed by atoms with E-state index in [-0.39, 0.29) is 21.4 Å². The van der Waals surface area contributed by atoms with E-state index >= 15 is 0 Å². The first kappa shape index (κ1) is 20.2. The van der Waals surface area contributed by atoms with Crippen molar-refractivity contribution in [2.24, 2.45) is 0 Å². The molecule has 0 aromatic heterocycles. The van der Waals surface area contributed by atoms with Crippen molar-refractivity contribution in [1.82, 2.24) is 5.32 Å². The number of amides is 1. The van der Waals surface area contributed by atoms with Gasteiger partial charge in [-0.25, -0.2) is 0 Å². The summed E-state index contributed by atoms with van der Waals surface area (Å²) in [6.07, 6.45) is 0. The predicted octanol–water partition coefficient (Wildman–Crippen LogP) is 2.47. The number of halogens is 1. The highest BCUT2D eigenvalue weighted by molar-refractivity contribution is 7.80. The van der Waals surface area contributed by atoms with E-state index in [1.807, 2.05) is 0 Å². The van der Waals surface area contributed by atoms with Gasteiger partial charge in [-0.2, -0.15) is 0 Å². The lowest BCUT2D eigenvalue weighted by Gasteiger charge is -2.17. The minimum Gasteiger partial charge on any atom is -0.870 e. The Hall–Kier alpha value is -3.11. The minimum absolute atomic E-state index is 0.190. The number of rotatable bonds is 5. The first-order chi connectivity index (χ1) is 12.7. The van der Waals surface area contributed by atoms with Crippen LogP contribution < -0.4 is 25.2 Å². The van der Waals surface area contributed by atoms with E-state index in [0.717, 1.165) is 12.1 Å². The van der Waals surface area contributed by atoms with Crippen molar-refractivity contribution in [2.45, 2.75) is 0 Å². The van der Waals surface area contributed by atoms with Gasteiger partial charge in [0.15, 0.2) is 5.11 Å². The second-order valence-corrected chi connectivity index (χ2v) is 5.89. The first-order valence-electron chi connectivity index (χ1n) is 7.25. The molecule has 0 unspecified atom stereocenters. The van der Waals surface area contributed by atoms with Crippen LogP contribution in [0.4, 0.5) is 11.4 Å². The molecule has 0 saturated heterocycles. The van der Waals surface area contributed by atoms with E-state index < -0.39 is 22.3 Å². The van der Waals surface area contributed by atoms with Crippen LogP contribution in [0.15, 0.2) is 30.3 Å². The van der Waals surface area contributed by atoms with Crippen molar-refractivity contribution in [3.8, 4) is 17.2 Å². The molecule has 9 nitrogen and oxygen atoms in total. The molecule has 0 aliphatic rings. The van der Waals surface area contributed by atoms with Crippen LogP contribution in [0.1, 0.15) is 10.4 Å². The van der Waals surface area contributed by atoms with Gasteiger partial charge in [-0.1, -0.05) is 17.4 Å². The van der Waals surface area contributed by atoms with Gasteiger partial charge in [0.1, 0.15) is 11.5 Å². The summed E-state index contributed by atoms with van der Waals surface area (Å²) in [7, 11) is 2.87. The number of nitro groups is 1. The molecule has 0 fully saturated rings. The Bertz CT molecular complexity index is 899. The summed E-state index contributed by atoms with van der Waals surface area (Å²) in [6.45, 7) is 0. The van der Waals surface area contributed by atoms with E-state index in [4.69, 9.17) is 33.3 Å². The summed E-state index contributed by atoms with van der Waals surface area (Å²) in [5.74, 6) is -0.507. The number of benzene rings is 2. The molecule has 2 aromatic rings. The predicted molar refractivity (Wildman–Crippen MR) is 101 cm³/mol. The van der Waals surface area contributed by atoms with Crippen molar-refractivity contribution in [3.63, 3.8) is 0 Å². The van der Waals surface area contributed by atoms with E-state index in [1.54, 1.807) is 6.07 Å². The van der Waals surface area contributed by atoms with Gasteiger partial charge in [0.25, 0.3) is 11.6 Å². The molecule has 0 atom stereocenters. The molecule has 142 valence electrons. The zero-order chi connectivity index (χ0) is 20.1. The molecular weight excluding hydrogens is 398 g/mol. The number of methoxy groups -OCH3 is 2. The van der Waals surface area contributed by atoms with E-state index in [2.05, 4.69) is 10.6 Å². The van der Waals surface area contributed by atoms with Gasteiger partial charge < -0.3 is 19.9 Å². The fourth-order valence-corrected chi connectivity index (χ4v) is 2.46. The summed E-state index contributed by atoms with van der Waals surface area (Å²) in [4.78, 5) is 22.5. The average Bonchev–Trinajstić information content (AvgIpc) is 2.64. The first-order valence-corrected chi connectivity index (χ1v) is 8.04. The smallest absolute Gasteiger partial charge is 0.272 e. The van der Waals surface area contributed by atoms with Crippen LogP contribution in [0.3, 0.4) is 0 Å². The number of ether oxygens (including phenoxy) is 2. The molecule has 0 radical (unpaired) electrons. The molecule has 0 saturated carbocycles. The Morgan fingerprint density at radius 1 is 1.15 bits per heavy atom. The van der Waals surface area contributed by atoms with Crippen molar-refractivity contribution in [3.05, 3.63) is 51.0 Å². The standard InChI is InChI=1S/C16H14ClN3O6S/c1-25-10-3-8(4-11(7-10)26-2)15(22)19-16(27)18-13-6-9(20(23)24)5-12(17)14(13)21/h3-7,21H,1-2H3,(H2,18,19,22,27)/p-1. The van der Waals surface area contributed by atoms with Gasteiger partial charge in [0.05, 0.1) is 19.1 Å². The zero-order valence-corrected chi connectivity index (χ0v) is 15.6. The Balaban J connectivity index is 2.19. The van der Waals surface area contributed by atoms with Crippen LogP contribution in [0, 0.1) is 10.1 Å². The quantitative estimate of drug-likeness (QED) is 0.437. The number of non-ortho nitro benzene ring substituents is 1. The van der Waals surface area contributed by atoms with Crippen LogP contribution >= 0.6 is 23.8 Å². The lowest BCUT2D eigenvalue weighted by atomic mass is 10.2. The summed E-state index contributed by atoms with van der Waals surface area (Å²) in [6, 6.07) is 6.41. The Morgan fingerprint density at radius 2 is 1.74 bits per heavy atom. The third kappa shape index (κ3) is 4.96. The number of nitrogens with zero attached hydrogens (tertiary/aromatic N) is 1. The fourth-order valence-electron chi connectivity index (χ4n) is 2.04. The maximum Gasteiger partial charge on any atom is 0.272 e. The molecule has 0 spiro atoms. The van der Waals surface area contributed by atoms with Crippen molar-refractivity contribution >= 4 is 46.2 Å². The topological polar surface area (TPSA) is 126 Å². The summed E-state index contributed by atoms with van der Waals surface area (Å²) in [5.41, 5.74) is -0.439. The Kier molecular flexibility index (Phi) is 6.37. The number of carbonyl (C=O) groups excluding carboxylic acids is 1. The summed E-state index contributed by atoms with van der Waals surface area (Å²) in [5, 5.41) is 27.1. The normalized spacial score (nSPS) is 10.0. The molecule has 2 aromatic carbocycles. The molecule has 27 heavy (non-hydrogen) atoms. The van der Waals surface area contributed by atoms with Crippen LogP contribution in [0.2, 0.25) is 5.02 Å². The van der Waals surface area contributed by atoms with Gasteiger partial charge >= 0.3 is 0 Å². The number of anilines is 1. The largest absolute Gasteiger partial charge is 0.870 e. The van der Waals surface area contributed by atoms with Crippen LogP contribution in [0.5, 0.6) is 17.2 Å². The molecule has 2 rings (SSSR count). The maximum absolute atomic E-state index is 12.3. The number of nitro benzene ring substituents is 1. The van der Waals surface area contributed by atoms with Crippen molar-refractivity contribution in [2.75, 3.05) is 19.5 Å². The van der Waals surface area contributed by atoms with Crippen molar-refractivity contribution in [1.29, 1.82) is 0 Å². The third-order valence-electron chi connectivity index (χ3n) is 3.33. The second kappa shape index (κ2) is 8.52. The van der Waals surface area contributed by atoms with E-state index in [9.17, 15) is 20.0 Å². The Labute approximate surface area is 164 Å². The average molecular weight is 411 g/mol. The monoisotopic (exact) mass is 410 g/mol. The van der Waals surface area contributed by atoms with Crippen molar-refractivity contribution < 1.29 is 24.3 Å². The lowest BCUT2D eigenvalue weighted by Crippen LogP contribution is -2.34. The molecule has 2 N–H and O–H groups in total. The van der Waals surface area contributed by atoms with E-state index in [0.29, 0.717) is 11.5 Å². The Morgan fingerprint density at radius 3 is 2.26 bits per heavy atom. The minimum atomic E-state index is -0.708. The molecule has 0 bridgehead atoms. The van der Waals surface area contributed by atoms with Crippen LogP contribution in [-0.2, 0) is 0 Å². The lowest BCUT2D eigenvalue weighted by molar-refractivity contribution is -0.385. The van der Waals surface area contributed by atoms with Gasteiger partial charge in [-0.05, 0) is 24.4 Å². The highest BCUT2D eigenvalue weighted by Gasteiger charge is 2.14. The number of thiocarbonyl (C=S) groups is 1. The SMILES string of the molecule is COc1cc(OC)cc(C(=O)NC(=S)Nc2cc([N+](=O)[O-])cc(Cl)c2[O-])c1. The van der Waals surface area contributed by atoms with Gasteiger partial charge in [-0.15, -0.1) is 0 Å². The van der Waals surface area contributed by atoms with Crippen LogP contribution in [-0.4, -0.2) is 30.2 Å².